The van der Waals surface area contributed by atoms with Crippen molar-refractivity contribution in [3.05, 3.63) is 54.1 Å². The highest BCUT2D eigenvalue weighted by Gasteiger charge is 2.30. The van der Waals surface area contributed by atoms with Crippen LogP contribution in [0, 0.1) is 0 Å². The van der Waals surface area contributed by atoms with Gasteiger partial charge in [-0.15, -0.1) is 13.2 Å². The second-order valence-electron chi connectivity index (χ2n) is 4.12. The maximum Gasteiger partial charge on any atom is 0.573 e. The number of hydrogen-bond donors (Lipinski definition) is 0. The van der Waals surface area contributed by atoms with Crippen molar-refractivity contribution in [2.75, 3.05) is 0 Å². The zero-order valence-corrected chi connectivity index (χ0v) is 10.8. The first-order valence-electron chi connectivity index (χ1n) is 6.09. The van der Waals surface area contributed by atoms with Crippen molar-refractivity contribution in [1.82, 2.24) is 0 Å². The maximum absolute atomic E-state index is 12.0. The monoisotopic (exact) mass is 282 g/mol. The molecule has 20 heavy (non-hydrogen) atoms. The summed E-state index contributed by atoms with van der Waals surface area (Å²) in [5.74, 6) is 0.807. The molecule has 0 saturated carbocycles. The molecule has 0 amide bonds. The van der Waals surface area contributed by atoms with Crippen LogP contribution in [0.15, 0.2) is 48.5 Å². The quantitative estimate of drug-likeness (QED) is 0.790. The number of benzene rings is 2. The van der Waals surface area contributed by atoms with Crippen molar-refractivity contribution in [1.29, 1.82) is 0 Å². The second kappa shape index (κ2) is 5.86. The minimum atomic E-state index is -4.68. The molecule has 0 N–H and O–H groups in total. The van der Waals surface area contributed by atoms with Crippen molar-refractivity contribution >= 4 is 0 Å². The molecule has 0 unspecified atom stereocenters. The van der Waals surface area contributed by atoms with E-state index in [0.29, 0.717) is 11.5 Å². The lowest BCUT2D eigenvalue weighted by Gasteiger charge is -2.10. The van der Waals surface area contributed by atoms with Crippen molar-refractivity contribution < 1.29 is 22.6 Å². The van der Waals surface area contributed by atoms with Crippen LogP contribution in [-0.2, 0) is 6.42 Å². The van der Waals surface area contributed by atoms with Gasteiger partial charge < -0.3 is 9.47 Å². The van der Waals surface area contributed by atoms with Crippen LogP contribution in [0.1, 0.15) is 12.5 Å². The molecule has 2 rings (SSSR count). The van der Waals surface area contributed by atoms with Crippen LogP contribution >= 0.6 is 0 Å². The van der Waals surface area contributed by atoms with Crippen molar-refractivity contribution in [2.24, 2.45) is 0 Å². The van der Waals surface area contributed by atoms with E-state index in [4.69, 9.17) is 4.74 Å². The minimum absolute atomic E-state index is 0.272. The third-order valence-corrected chi connectivity index (χ3v) is 2.62. The first-order chi connectivity index (χ1) is 9.46. The summed E-state index contributed by atoms with van der Waals surface area (Å²) in [5, 5.41) is 0. The lowest BCUT2D eigenvalue weighted by molar-refractivity contribution is -0.274. The lowest BCUT2D eigenvalue weighted by Crippen LogP contribution is -2.16. The fourth-order valence-corrected chi connectivity index (χ4v) is 1.64. The first-order valence-corrected chi connectivity index (χ1v) is 6.09. The SMILES string of the molecule is CCc1ccc(Oc2ccc(OC(F)(F)F)cc2)cc1. The first kappa shape index (κ1) is 14.2. The van der Waals surface area contributed by atoms with E-state index in [9.17, 15) is 13.2 Å². The Morgan fingerprint density at radius 1 is 0.800 bits per heavy atom. The smallest absolute Gasteiger partial charge is 0.457 e. The summed E-state index contributed by atoms with van der Waals surface area (Å²) in [4.78, 5) is 0. The van der Waals surface area contributed by atoms with Crippen LogP contribution in [0.5, 0.6) is 17.2 Å². The van der Waals surface area contributed by atoms with E-state index < -0.39 is 6.36 Å². The highest BCUT2D eigenvalue weighted by Crippen LogP contribution is 2.27. The number of hydrogen-bond acceptors (Lipinski definition) is 2. The predicted molar refractivity (Wildman–Crippen MR) is 69.0 cm³/mol. The molecule has 0 aliphatic carbocycles. The Bertz CT molecular complexity index is 545. The number of alkyl halides is 3. The van der Waals surface area contributed by atoms with Crippen LogP contribution < -0.4 is 9.47 Å². The third kappa shape index (κ3) is 4.19. The second-order valence-corrected chi connectivity index (χ2v) is 4.12. The molecule has 0 aliphatic heterocycles. The van der Waals surface area contributed by atoms with Gasteiger partial charge in [-0.3, -0.25) is 0 Å². The average molecular weight is 282 g/mol. The minimum Gasteiger partial charge on any atom is -0.457 e. The topological polar surface area (TPSA) is 18.5 Å². The molecule has 0 aliphatic rings. The van der Waals surface area contributed by atoms with Crippen LogP contribution in [-0.4, -0.2) is 6.36 Å². The summed E-state index contributed by atoms with van der Waals surface area (Å²) in [7, 11) is 0. The van der Waals surface area contributed by atoms with E-state index in [0.717, 1.165) is 6.42 Å². The molecular formula is C15H13F3O2. The van der Waals surface area contributed by atoms with Crippen LogP contribution in [0.2, 0.25) is 0 Å². The number of ether oxygens (including phenoxy) is 2. The Morgan fingerprint density at radius 3 is 1.70 bits per heavy atom. The van der Waals surface area contributed by atoms with Crippen molar-refractivity contribution in [2.45, 2.75) is 19.7 Å². The van der Waals surface area contributed by atoms with E-state index in [1.807, 2.05) is 24.3 Å². The number of rotatable bonds is 4. The molecule has 0 bridgehead atoms. The number of aryl methyl sites for hydroxylation is 1. The fraction of sp³-hybridized carbons (Fsp3) is 0.200. The van der Waals surface area contributed by atoms with Gasteiger partial charge in [-0.2, -0.15) is 0 Å². The van der Waals surface area contributed by atoms with Gasteiger partial charge in [-0.1, -0.05) is 19.1 Å². The lowest BCUT2D eigenvalue weighted by atomic mass is 10.2. The molecule has 0 saturated heterocycles. The highest BCUT2D eigenvalue weighted by molar-refractivity contribution is 5.36. The molecule has 106 valence electrons. The Balaban J connectivity index is 2.02. The Labute approximate surface area is 114 Å². The highest BCUT2D eigenvalue weighted by atomic mass is 19.4. The van der Waals surface area contributed by atoms with Crippen molar-refractivity contribution in [3.63, 3.8) is 0 Å². The van der Waals surface area contributed by atoms with Gasteiger partial charge in [0, 0.05) is 0 Å². The summed E-state index contributed by atoms with van der Waals surface area (Å²) in [6.45, 7) is 2.05. The molecule has 0 fully saturated rings. The van der Waals surface area contributed by atoms with Gasteiger partial charge in [0.1, 0.15) is 17.2 Å². The van der Waals surface area contributed by atoms with Crippen LogP contribution in [0.3, 0.4) is 0 Å². The summed E-state index contributed by atoms with van der Waals surface area (Å²) < 4.78 is 45.3. The van der Waals surface area contributed by atoms with E-state index >= 15 is 0 Å². The van der Waals surface area contributed by atoms with Gasteiger partial charge in [0.2, 0.25) is 0 Å². The summed E-state index contributed by atoms with van der Waals surface area (Å²) in [6.07, 6.45) is -3.75. The molecule has 0 aromatic heterocycles. The maximum atomic E-state index is 12.0. The summed E-state index contributed by atoms with van der Waals surface area (Å²) in [5.41, 5.74) is 1.19. The molecule has 5 heteroatoms. The normalized spacial score (nSPS) is 11.2. The van der Waals surface area contributed by atoms with Gasteiger partial charge in [0.05, 0.1) is 0 Å². The largest absolute Gasteiger partial charge is 0.573 e. The Kier molecular flexibility index (Phi) is 4.17. The molecule has 0 spiro atoms. The van der Waals surface area contributed by atoms with Gasteiger partial charge in [-0.05, 0) is 48.4 Å². The molecule has 2 aromatic carbocycles. The molecule has 0 atom stereocenters. The van der Waals surface area contributed by atoms with Gasteiger partial charge in [0.15, 0.2) is 0 Å². The standard InChI is InChI=1S/C15H13F3O2/c1-2-11-3-5-12(6-4-11)19-13-7-9-14(10-8-13)20-15(16,17)18/h3-10H,2H2,1H3. The van der Waals surface area contributed by atoms with Crippen molar-refractivity contribution in [3.8, 4) is 17.2 Å². The van der Waals surface area contributed by atoms with E-state index in [1.54, 1.807) is 0 Å². The van der Waals surface area contributed by atoms with Gasteiger partial charge in [0.25, 0.3) is 0 Å². The van der Waals surface area contributed by atoms with Crippen LogP contribution in [0.25, 0.3) is 0 Å². The van der Waals surface area contributed by atoms with Gasteiger partial charge >= 0.3 is 6.36 Å². The summed E-state index contributed by atoms with van der Waals surface area (Å²) in [6, 6.07) is 12.8. The molecule has 2 aromatic rings. The zero-order valence-electron chi connectivity index (χ0n) is 10.8. The molecule has 2 nitrogen and oxygen atoms in total. The fourth-order valence-electron chi connectivity index (χ4n) is 1.64. The molecule has 0 radical (unpaired) electrons. The zero-order chi connectivity index (χ0) is 14.6. The van der Waals surface area contributed by atoms with E-state index in [1.165, 1.54) is 29.8 Å². The van der Waals surface area contributed by atoms with E-state index in [-0.39, 0.29) is 5.75 Å². The molecule has 0 heterocycles. The summed E-state index contributed by atoms with van der Waals surface area (Å²) >= 11 is 0. The van der Waals surface area contributed by atoms with E-state index in [2.05, 4.69) is 11.7 Å². The van der Waals surface area contributed by atoms with Gasteiger partial charge in [-0.25, -0.2) is 0 Å². The Hall–Kier alpha value is -2.17. The average Bonchev–Trinajstić information content (AvgIpc) is 2.40. The number of halogens is 3. The molecular weight excluding hydrogens is 269 g/mol. The third-order valence-electron chi connectivity index (χ3n) is 2.62. The predicted octanol–water partition coefficient (Wildman–Crippen LogP) is 4.94. The van der Waals surface area contributed by atoms with Crippen LogP contribution in [0.4, 0.5) is 13.2 Å². The Morgan fingerprint density at radius 2 is 1.25 bits per heavy atom.